The second-order valence-electron chi connectivity index (χ2n) is 9.02. The van der Waals surface area contributed by atoms with Gasteiger partial charge in [-0.25, -0.2) is 4.98 Å². The summed E-state index contributed by atoms with van der Waals surface area (Å²) in [7, 11) is 1.68. The van der Waals surface area contributed by atoms with Crippen LogP contribution in [-0.4, -0.2) is 44.2 Å². The number of ether oxygens (including phenoxy) is 1. The molecule has 1 fully saturated rings. The van der Waals surface area contributed by atoms with Gasteiger partial charge in [-0.15, -0.1) is 0 Å². The molecule has 1 aliphatic heterocycles. The number of carbonyl (C=O) groups excluding carboxylic acids is 1. The van der Waals surface area contributed by atoms with Crippen LogP contribution in [0.25, 0.3) is 10.8 Å². The first-order valence-electron chi connectivity index (χ1n) is 11.9. The van der Waals surface area contributed by atoms with Crippen molar-refractivity contribution in [2.75, 3.05) is 48.4 Å². The van der Waals surface area contributed by atoms with Crippen molar-refractivity contribution >= 4 is 33.9 Å². The van der Waals surface area contributed by atoms with Crippen LogP contribution >= 0.6 is 0 Å². The fourth-order valence-corrected chi connectivity index (χ4v) is 4.66. The lowest BCUT2D eigenvalue weighted by Gasteiger charge is -2.37. The van der Waals surface area contributed by atoms with Crippen LogP contribution in [0.15, 0.2) is 72.9 Å². The third kappa shape index (κ3) is 4.78. The van der Waals surface area contributed by atoms with E-state index in [0.29, 0.717) is 5.56 Å². The normalized spacial score (nSPS) is 13.7. The quantitative estimate of drug-likeness (QED) is 0.425. The molecule has 6 heteroatoms. The zero-order chi connectivity index (χ0) is 24.4. The topological polar surface area (TPSA) is 57.7 Å². The van der Waals surface area contributed by atoms with Gasteiger partial charge in [0, 0.05) is 54.7 Å². The Kier molecular flexibility index (Phi) is 6.27. The number of hydrogen-bond donors (Lipinski definition) is 1. The molecule has 0 radical (unpaired) electrons. The molecule has 3 aromatic carbocycles. The molecule has 1 aromatic heterocycles. The van der Waals surface area contributed by atoms with Crippen LogP contribution in [0.3, 0.4) is 0 Å². The molecule has 1 amide bonds. The van der Waals surface area contributed by atoms with Crippen LogP contribution in [0.4, 0.5) is 17.2 Å². The van der Waals surface area contributed by atoms with E-state index < -0.39 is 0 Å². The van der Waals surface area contributed by atoms with Gasteiger partial charge in [0.25, 0.3) is 5.91 Å². The minimum absolute atomic E-state index is 0.113. The number of piperazine rings is 1. The number of anilines is 3. The van der Waals surface area contributed by atoms with Crippen LogP contribution in [0, 0.1) is 13.8 Å². The summed E-state index contributed by atoms with van der Waals surface area (Å²) in [6.45, 7) is 7.58. The number of benzene rings is 3. The van der Waals surface area contributed by atoms with E-state index in [4.69, 9.17) is 9.72 Å². The minimum atomic E-state index is -0.113. The highest BCUT2D eigenvalue weighted by molar-refractivity contribution is 6.08. The molecule has 35 heavy (non-hydrogen) atoms. The number of methoxy groups -OCH3 is 1. The Morgan fingerprint density at radius 1 is 0.886 bits per heavy atom. The van der Waals surface area contributed by atoms with Gasteiger partial charge < -0.3 is 19.9 Å². The van der Waals surface area contributed by atoms with Gasteiger partial charge in [-0.05, 0) is 73.3 Å². The standard InChI is InChI=1S/C29H30N4O2/c1-20-4-11-27(21(2)18-20)31-29(34)23-6-5-22-12-13-30-28(26(22)19-23)33-16-14-32(15-17-33)24-7-9-25(35-3)10-8-24/h4-13,18-19H,14-17H2,1-3H3,(H,31,34). The molecule has 4 aromatic rings. The van der Waals surface area contributed by atoms with Crippen molar-refractivity contribution in [3.8, 4) is 5.75 Å². The predicted molar refractivity (Wildman–Crippen MR) is 143 cm³/mol. The summed E-state index contributed by atoms with van der Waals surface area (Å²) in [6, 6.07) is 22.1. The van der Waals surface area contributed by atoms with Gasteiger partial charge >= 0.3 is 0 Å². The zero-order valence-electron chi connectivity index (χ0n) is 20.4. The SMILES string of the molecule is COc1ccc(N2CCN(c3nccc4ccc(C(=O)Nc5ccc(C)cc5C)cc34)CC2)cc1. The molecule has 0 spiro atoms. The molecule has 0 aliphatic carbocycles. The van der Waals surface area contributed by atoms with Crippen molar-refractivity contribution in [3.63, 3.8) is 0 Å². The number of aromatic nitrogens is 1. The second kappa shape index (κ2) is 9.66. The highest BCUT2D eigenvalue weighted by Crippen LogP contribution is 2.28. The highest BCUT2D eigenvalue weighted by atomic mass is 16.5. The Bertz CT molecular complexity index is 1360. The van der Waals surface area contributed by atoms with Crippen molar-refractivity contribution in [1.29, 1.82) is 0 Å². The van der Waals surface area contributed by atoms with E-state index in [-0.39, 0.29) is 5.91 Å². The largest absolute Gasteiger partial charge is 0.497 e. The molecule has 2 heterocycles. The molecule has 1 saturated heterocycles. The lowest BCUT2D eigenvalue weighted by Crippen LogP contribution is -2.46. The van der Waals surface area contributed by atoms with E-state index in [0.717, 1.165) is 59.8 Å². The molecule has 6 nitrogen and oxygen atoms in total. The van der Waals surface area contributed by atoms with Crippen LogP contribution in [0.5, 0.6) is 5.75 Å². The first-order chi connectivity index (χ1) is 17.0. The molecular weight excluding hydrogens is 436 g/mol. The molecule has 0 saturated carbocycles. The van der Waals surface area contributed by atoms with Gasteiger partial charge in [-0.2, -0.15) is 0 Å². The monoisotopic (exact) mass is 466 g/mol. The molecule has 1 N–H and O–H groups in total. The van der Waals surface area contributed by atoms with Gasteiger partial charge in [0.2, 0.25) is 0 Å². The first-order valence-corrected chi connectivity index (χ1v) is 11.9. The van der Waals surface area contributed by atoms with Crippen LogP contribution in [-0.2, 0) is 0 Å². The van der Waals surface area contributed by atoms with Crippen molar-refractivity contribution in [1.82, 2.24) is 4.98 Å². The van der Waals surface area contributed by atoms with Crippen LogP contribution in [0.1, 0.15) is 21.5 Å². The maximum atomic E-state index is 13.1. The number of nitrogens with zero attached hydrogens (tertiary/aromatic N) is 3. The van der Waals surface area contributed by atoms with E-state index in [1.165, 1.54) is 11.3 Å². The summed E-state index contributed by atoms with van der Waals surface area (Å²) in [5, 5.41) is 5.14. The summed E-state index contributed by atoms with van der Waals surface area (Å²) in [5.41, 5.74) is 4.89. The van der Waals surface area contributed by atoms with E-state index in [1.54, 1.807) is 7.11 Å². The number of fused-ring (bicyclic) bond motifs is 1. The summed E-state index contributed by atoms with van der Waals surface area (Å²) in [6.07, 6.45) is 1.85. The Labute approximate surface area is 206 Å². The Hall–Kier alpha value is -4.06. The number of pyridine rings is 1. The molecule has 178 valence electrons. The minimum Gasteiger partial charge on any atom is -0.497 e. The van der Waals surface area contributed by atoms with Gasteiger partial charge in [0.1, 0.15) is 11.6 Å². The van der Waals surface area contributed by atoms with Gasteiger partial charge in [-0.1, -0.05) is 23.8 Å². The Balaban J connectivity index is 1.35. The lowest BCUT2D eigenvalue weighted by atomic mass is 10.1. The van der Waals surface area contributed by atoms with E-state index in [9.17, 15) is 4.79 Å². The fraction of sp³-hybridized carbons (Fsp3) is 0.241. The van der Waals surface area contributed by atoms with Crippen molar-refractivity contribution < 1.29 is 9.53 Å². The summed E-state index contributed by atoms with van der Waals surface area (Å²) >= 11 is 0. The molecule has 0 bridgehead atoms. The van der Waals surface area contributed by atoms with Crippen molar-refractivity contribution in [3.05, 3.63) is 89.6 Å². The maximum Gasteiger partial charge on any atom is 0.255 e. The smallest absolute Gasteiger partial charge is 0.255 e. The third-order valence-corrected chi connectivity index (χ3v) is 6.65. The molecule has 5 rings (SSSR count). The maximum absolute atomic E-state index is 13.1. The summed E-state index contributed by atoms with van der Waals surface area (Å²) in [5.74, 6) is 1.68. The number of nitrogens with one attached hydrogen (secondary N) is 1. The number of aryl methyl sites for hydroxylation is 2. The average Bonchev–Trinajstić information content (AvgIpc) is 2.90. The van der Waals surface area contributed by atoms with Gasteiger partial charge in [0.15, 0.2) is 0 Å². The summed E-state index contributed by atoms with van der Waals surface area (Å²) in [4.78, 5) is 22.5. The average molecular weight is 467 g/mol. The van der Waals surface area contributed by atoms with E-state index in [1.807, 2.05) is 68.6 Å². The molecule has 0 atom stereocenters. The third-order valence-electron chi connectivity index (χ3n) is 6.65. The van der Waals surface area contributed by atoms with Crippen molar-refractivity contribution in [2.45, 2.75) is 13.8 Å². The van der Waals surface area contributed by atoms with E-state index >= 15 is 0 Å². The summed E-state index contributed by atoms with van der Waals surface area (Å²) < 4.78 is 5.28. The van der Waals surface area contributed by atoms with Gasteiger partial charge in [-0.3, -0.25) is 4.79 Å². The Morgan fingerprint density at radius 3 is 2.34 bits per heavy atom. The van der Waals surface area contributed by atoms with Gasteiger partial charge in [0.05, 0.1) is 7.11 Å². The zero-order valence-corrected chi connectivity index (χ0v) is 20.4. The number of carbonyl (C=O) groups is 1. The van der Waals surface area contributed by atoms with Crippen LogP contribution < -0.4 is 19.9 Å². The molecular formula is C29H30N4O2. The highest BCUT2D eigenvalue weighted by Gasteiger charge is 2.21. The number of rotatable bonds is 5. The second-order valence-corrected chi connectivity index (χ2v) is 9.02. The Morgan fingerprint density at radius 2 is 1.63 bits per heavy atom. The predicted octanol–water partition coefficient (Wildman–Crippen LogP) is 5.44. The fourth-order valence-electron chi connectivity index (χ4n) is 4.66. The number of hydrogen-bond acceptors (Lipinski definition) is 5. The first kappa shape index (κ1) is 22.7. The van der Waals surface area contributed by atoms with E-state index in [2.05, 4.69) is 33.3 Å². The lowest BCUT2D eigenvalue weighted by molar-refractivity contribution is 0.102. The number of amides is 1. The van der Waals surface area contributed by atoms with Crippen LogP contribution in [0.2, 0.25) is 0 Å². The van der Waals surface area contributed by atoms with Crippen molar-refractivity contribution in [2.24, 2.45) is 0 Å². The molecule has 1 aliphatic rings. The molecule has 0 unspecified atom stereocenters.